The largest absolute Gasteiger partial charge is 1.00 e. The van der Waals surface area contributed by atoms with Crippen molar-refractivity contribution in [3.05, 3.63) is 35.7 Å². The van der Waals surface area contributed by atoms with Crippen LogP contribution in [0, 0.1) is 11.6 Å². The van der Waals surface area contributed by atoms with Crippen LogP contribution in [-0.4, -0.2) is 21.4 Å². The minimum absolute atomic E-state index is 0. The molecule has 0 aliphatic rings. The van der Waals surface area contributed by atoms with Crippen LogP contribution in [0.15, 0.2) is 18.5 Å². The van der Waals surface area contributed by atoms with Gasteiger partial charge in [0.15, 0.2) is 0 Å². The number of rotatable bonds is 1. The first-order valence-electron chi connectivity index (χ1n) is 3.43. The van der Waals surface area contributed by atoms with Crippen LogP contribution in [0.3, 0.4) is 0 Å². The predicted octanol–water partition coefficient (Wildman–Crippen LogP) is -2.10. The van der Waals surface area contributed by atoms with Crippen molar-refractivity contribution < 1.29 is 70.4 Å². The third kappa shape index (κ3) is 2.68. The van der Waals surface area contributed by atoms with Gasteiger partial charge in [-0.25, -0.2) is 8.78 Å². The van der Waals surface area contributed by atoms with Crippen molar-refractivity contribution in [1.29, 1.82) is 0 Å². The van der Waals surface area contributed by atoms with E-state index in [0.717, 1.165) is 16.9 Å². The number of hydrogen-bond donors (Lipinski definition) is 0. The summed E-state index contributed by atoms with van der Waals surface area (Å²) < 4.78 is 26.6. The molecule has 15 heavy (non-hydrogen) atoms. The average Bonchev–Trinajstić information content (AvgIpc) is 2.47. The van der Waals surface area contributed by atoms with Gasteiger partial charge in [0.25, 0.3) is 0 Å². The van der Waals surface area contributed by atoms with E-state index in [1.165, 1.54) is 6.29 Å². The van der Waals surface area contributed by atoms with Crippen LogP contribution in [0.2, 0.25) is 0 Å². The first-order valence-corrected chi connectivity index (χ1v) is 3.43. The van der Waals surface area contributed by atoms with Gasteiger partial charge in [-0.05, 0) is 0 Å². The number of halogens is 2. The van der Waals surface area contributed by atoms with E-state index in [0.29, 0.717) is 6.07 Å². The fourth-order valence-electron chi connectivity index (χ4n) is 1.12. The number of pyridine rings is 1. The van der Waals surface area contributed by atoms with Gasteiger partial charge in [-0.2, -0.15) is 0 Å². The molecule has 0 fully saturated rings. The second-order valence-corrected chi connectivity index (χ2v) is 2.46. The van der Waals surface area contributed by atoms with E-state index >= 15 is 0 Å². The Balaban J connectivity index is 0.000000980. The molecule has 0 saturated carbocycles. The summed E-state index contributed by atoms with van der Waals surface area (Å²) in [6.45, 7) is 0. The first-order chi connectivity index (χ1) is 6.22. The van der Waals surface area contributed by atoms with E-state index in [4.69, 9.17) is 0 Å². The zero-order chi connectivity index (χ0) is 9.42. The summed E-state index contributed by atoms with van der Waals surface area (Å²) in [7, 11) is 0. The predicted molar refractivity (Wildman–Crippen MR) is 41.8 cm³/mol. The van der Waals surface area contributed by atoms with E-state index in [1.807, 2.05) is 0 Å². The summed E-state index contributed by atoms with van der Waals surface area (Å²) in [4.78, 5) is 10.3. The summed E-state index contributed by atoms with van der Waals surface area (Å²) >= 11 is 0. The molecule has 0 bridgehead atoms. The van der Waals surface area contributed by atoms with Gasteiger partial charge in [0.05, 0.1) is 12.1 Å². The van der Waals surface area contributed by atoms with E-state index in [2.05, 4.69) is 5.10 Å². The minimum atomic E-state index is -0.823. The monoisotopic (exact) mass is 237 g/mol. The second-order valence-electron chi connectivity index (χ2n) is 2.46. The molecular weight excluding hydrogens is 233 g/mol. The number of aromatic nitrogens is 2. The minimum Gasteiger partial charge on any atom is -0.870 e. The van der Waals surface area contributed by atoms with Crippen molar-refractivity contribution >= 4 is 11.8 Å². The molecule has 7 heteroatoms. The SMILES string of the molecule is O=[C-]c1cnn2cc(F)cc(F)c12.[K+].[OH-]. The van der Waals surface area contributed by atoms with E-state index in [-0.39, 0.29) is 67.9 Å². The maximum absolute atomic E-state index is 13.0. The molecule has 0 unspecified atom stereocenters. The summed E-state index contributed by atoms with van der Waals surface area (Å²) in [6, 6.07) is 0.692. The van der Waals surface area contributed by atoms with Crippen LogP contribution in [0.1, 0.15) is 5.56 Å². The van der Waals surface area contributed by atoms with Crippen LogP contribution in [0.5, 0.6) is 0 Å². The molecule has 2 aromatic rings. The quantitative estimate of drug-likeness (QED) is 0.421. The Morgan fingerprint density at radius 2 is 2.07 bits per heavy atom. The van der Waals surface area contributed by atoms with Crippen molar-refractivity contribution in [3.63, 3.8) is 0 Å². The molecule has 4 nitrogen and oxygen atoms in total. The molecular formula is C8H4F2KN2O2-. The van der Waals surface area contributed by atoms with Crippen molar-refractivity contribution in [2.24, 2.45) is 0 Å². The second kappa shape index (κ2) is 5.78. The van der Waals surface area contributed by atoms with Gasteiger partial charge in [-0.1, -0.05) is 6.20 Å². The van der Waals surface area contributed by atoms with Crippen LogP contribution in [0.4, 0.5) is 8.78 Å². The molecule has 0 radical (unpaired) electrons. The van der Waals surface area contributed by atoms with Gasteiger partial charge < -0.3 is 14.8 Å². The van der Waals surface area contributed by atoms with E-state index in [9.17, 15) is 13.6 Å². The van der Waals surface area contributed by atoms with Gasteiger partial charge in [-0.3, -0.25) is 5.10 Å². The van der Waals surface area contributed by atoms with Crippen LogP contribution in [-0.2, 0) is 4.79 Å². The fraction of sp³-hybridized carbons (Fsp3) is 0. The van der Waals surface area contributed by atoms with Crippen molar-refractivity contribution in [1.82, 2.24) is 9.61 Å². The number of hydrogen-bond acceptors (Lipinski definition) is 3. The molecule has 2 rings (SSSR count). The third-order valence-corrected chi connectivity index (χ3v) is 1.64. The summed E-state index contributed by atoms with van der Waals surface area (Å²) in [5.41, 5.74) is -0.0751. The number of fused-ring (bicyclic) bond motifs is 1. The summed E-state index contributed by atoms with van der Waals surface area (Å²) in [5.74, 6) is -1.57. The molecule has 0 aliphatic carbocycles. The maximum Gasteiger partial charge on any atom is 1.00 e. The van der Waals surface area contributed by atoms with Crippen molar-refractivity contribution in [2.45, 2.75) is 0 Å². The molecule has 74 valence electrons. The first kappa shape index (κ1) is 14.8. The maximum atomic E-state index is 13.0. The number of carbonyl (C=O) groups excluding carboxylic acids is 1. The van der Waals surface area contributed by atoms with Crippen LogP contribution in [0.25, 0.3) is 5.52 Å². The van der Waals surface area contributed by atoms with Gasteiger partial charge in [0.1, 0.15) is 5.82 Å². The Morgan fingerprint density at radius 3 is 2.67 bits per heavy atom. The smallest absolute Gasteiger partial charge is 0.870 e. The average molecular weight is 237 g/mol. The topological polar surface area (TPSA) is 64.4 Å². The Kier molecular flexibility index (Phi) is 5.71. The Morgan fingerprint density at radius 1 is 1.40 bits per heavy atom. The molecule has 0 aromatic carbocycles. The Bertz CT molecular complexity index is 487. The molecule has 0 atom stereocenters. The van der Waals surface area contributed by atoms with Gasteiger partial charge >= 0.3 is 51.4 Å². The zero-order valence-corrected chi connectivity index (χ0v) is 10.9. The van der Waals surface area contributed by atoms with Crippen LogP contribution < -0.4 is 51.4 Å². The molecule has 0 amide bonds. The van der Waals surface area contributed by atoms with E-state index < -0.39 is 11.6 Å². The Hall–Kier alpha value is -0.184. The van der Waals surface area contributed by atoms with Gasteiger partial charge in [0, 0.05) is 17.8 Å². The van der Waals surface area contributed by atoms with E-state index in [1.54, 1.807) is 0 Å². The number of nitrogens with zero attached hydrogens (tertiary/aromatic N) is 2. The zero-order valence-electron chi connectivity index (χ0n) is 7.74. The van der Waals surface area contributed by atoms with Gasteiger partial charge in [-0.15, -0.1) is 5.56 Å². The van der Waals surface area contributed by atoms with Gasteiger partial charge in [0.2, 0.25) is 0 Å². The third-order valence-electron chi connectivity index (χ3n) is 1.64. The molecule has 0 aliphatic heterocycles. The normalized spacial score (nSPS) is 9.20. The molecule has 0 spiro atoms. The summed E-state index contributed by atoms with van der Waals surface area (Å²) in [6.07, 6.45) is 3.63. The molecule has 2 aromatic heterocycles. The molecule has 2 heterocycles. The standard InChI is InChI=1S/C8H3F2N2O.K.H2O/c9-6-1-7(10)8-5(4-13)2-11-12(8)3-6;;/h1-3H;;1H2/q-1;+1;/p-1. The van der Waals surface area contributed by atoms with Crippen molar-refractivity contribution in [3.8, 4) is 0 Å². The fourth-order valence-corrected chi connectivity index (χ4v) is 1.12. The summed E-state index contributed by atoms with van der Waals surface area (Å²) in [5, 5.41) is 3.59. The molecule has 0 saturated heterocycles. The Labute approximate surface area is 126 Å². The molecule has 1 N–H and O–H groups in total. The van der Waals surface area contributed by atoms with Crippen molar-refractivity contribution in [2.75, 3.05) is 0 Å². The van der Waals surface area contributed by atoms with Crippen LogP contribution >= 0.6 is 0 Å².